The number of nitrogens with one attached hydrogen (secondary N) is 1. The molecule has 0 aromatic rings. The molecule has 2 N–H and O–H groups in total. The van der Waals surface area contributed by atoms with E-state index in [1.807, 2.05) is 4.90 Å². The van der Waals surface area contributed by atoms with Crippen molar-refractivity contribution >= 4 is 5.91 Å². The van der Waals surface area contributed by atoms with Gasteiger partial charge in [0.05, 0.1) is 19.8 Å². The maximum atomic E-state index is 11.0. The highest BCUT2D eigenvalue weighted by Gasteiger charge is 2.07. The van der Waals surface area contributed by atoms with Gasteiger partial charge in [0.1, 0.15) is 0 Å². The summed E-state index contributed by atoms with van der Waals surface area (Å²) in [7, 11) is 3.20. The Morgan fingerprint density at radius 1 is 1.54 bits per heavy atom. The van der Waals surface area contributed by atoms with Crippen molar-refractivity contribution in [1.29, 1.82) is 0 Å². The van der Waals surface area contributed by atoms with Gasteiger partial charge < -0.3 is 15.2 Å². The molecule has 0 fully saturated rings. The lowest BCUT2D eigenvalue weighted by Crippen LogP contribution is -2.38. The number of ether oxygens (including phenoxy) is 1. The lowest BCUT2D eigenvalue weighted by atomic mass is 10.4. The Bertz CT molecular complexity index is 141. The maximum absolute atomic E-state index is 11.0. The Hall–Kier alpha value is -0.650. The van der Waals surface area contributed by atoms with Crippen molar-refractivity contribution < 1.29 is 14.6 Å². The molecule has 0 saturated heterocycles. The molecule has 0 aliphatic heterocycles. The molecule has 0 aliphatic rings. The minimum Gasteiger partial charge on any atom is -0.395 e. The normalized spacial score (nSPS) is 10.5. The van der Waals surface area contributed by atoms with Gasteiger partial charge in [-0.15, -0.1) is 0 Å². The molecular formula is C8H18N2O3. The van der Waals surface area contributed by atoms with Crippen molar-refractivity contribution in [3.8, 4) is 0 Å². The number of aliphatic hydroxyl groups is 1. The molecule has 0 unspecified atom stereocenters. The summed E-state index contributed by atoms with van der Waals surface area (Å²) in [4.78, 5) is 12.8. The van der Waals surface area contributed by atoms with Crippen LogP contribution in [0.2, 0.25) is 0 Å². The van der Waals surface area contributed by atoms with Crippen LogP contribution in [0.1, 0.15) is 0 Å². The van der Waals surface area contributed by atoms with Gasteiger partial charge in [-0.2, -0.15) is 0 Å². The summed E-state index contributed by atoms with van der Waals surface area (Å²) < 4.78 is 4.88. The smallest absolute Gasteiger partial charge is 0.233 e. The molecule has 0 aromatic heterocycles. The number of hydrogen-bond acceptors (Lipinski definition) is 4. The van der Waals surface area contributed by atoms with Crippen molar-refractivity contribution in [2.75, 3.05) is 47.0 Å². The number of amides is 1. The van der Waals surface area contributed by atoms with Gasteiger partial charge in [0, 0.05) is 27.2 Å². The summed E-state index contributed by atoms with van der Waals surface area (Å²) in [6, 6.07) is 0. The molecule has 0 rings (SSSR count). The van der Waals surface area contributed by atoms with Crippen LogP contribution in [0, 0.1) is 0 Å². The van der Waals surface area contributed by atoms with E-state index in [9.17, 15) is 4.79 Å². The van der Waals surface area contributed by atoms with Crippen molar-refractivity contribution in [2.45, 2.75) is 0 Å². The highest BCUT2D eigenvalue weighted by molar-refractivity contribution is 5.77. The fourth-order valence-electron chi connectivity index (χ4n) is 0.914. The molecule has 0 spiro atoms. The number of hydrogen-bond donors (Lipinski definition) is 2. The number of methoxy groups -OCH3 is 1. The molecule has 1 amide bonds. The molecule has 78 valence electrons. The summed E-state index contributed by atoms with van der Waals surface area (Å²) in [6.07, 6.45) is 0. The van der Waals surface area contributed by atoms with Crippen LogP contribution in [0.15, 0.2) is 0 Å². The van der Waals surface area contributed by atoms with Crippen molar-refractivity contribution in [1.82, 2.24) is 10.2 Å². The lowest BCUT2D eigenvalue weighted by Gasteiger charge is -2.19. The van der Waals surface area contributed by atoms with Gasteiger partial charge in [0.2, 0.25) is 5.91 Å². The number of aliphatic hydroxyl groups excluding tert-OH is 1. The van der Waals surface area contributed by atoms with E-state index in [1.165, 1.54) is 0 Å². The second-order valence-corrected chi connectivity index (χ2v) is 2.67. The quantitative estimate of drug-likeness (QED) is 0.522. The third kappa shape index (κ3) is 6.51. The molecule has 0 bridgehead atoms. The van der Waals surface area contributed by atoms with Gasteiger partial charge in [0.15, 0.2) is 0 Å². The molecule has 0 aromatic carbocycles. The first-order chi connectivity index (χ1) is 6.24. The second kappa shape index (κ2) is 7.97. The topological polar surface area (TPSA) is 61.8 Å². The van der Waals surface area contributed by atoms with Crippen LogP contribution < -0.4 is 5.32 Å². The highest BCUT2D eigenvalue weighted by Crippen LogP contribution is 1.87. The molecular weight excluding hydrogens is 172 g/mol. The predicted octanol–water partition coefficient (Wildman–Crippen LogP) is -1.33. The maximum Gasteiger partial charge on any atom is 0.233 e. The van der Waals surface area contributed by atoms with Gasteiger partial charge in [-0.05, 0) is 0 Å². The largest absolute Gasteiger partial charge is 0.395 e. The molecule has 5 heteroatoms. The first kappa shape index (κ1) is 12.3. The number of nitrogens with zero attached hydrogens (tertiary/aromatic N) is 1. The van der Waals surface area contributed by atoms with E-state index in [0.29, 0.717) is 26.2 Å². The second-order valence-electron chi connectivity index (χ2n) is 2.67. The summed E-state index contributed by atoms with van der Waals surface area (Å²) in [5.74, 6) is -0.0513. The first-order valence-electron chi connectivity index (χ1n) is 4.27. The minimum atomic E-state index is -0.0513. The van der Waals surface area contributed by atoms with Crippen LogP contribution in [-0.2, 0) is 9.53 Å². The standard InChI is InChI=1S/C8H18N2O3/c1-9-8(12)7-10(3-5-11)4-6-13-2/h11H,3-7H2,1-2H3,(H,9,12). The van der Waals surface area contributed by atoms with Gasteiger partial charge in [0.25, 0.3) is 0 Å². The lowest BCUT2D eigenvalue weighted by molar-refractivity contribution is -0.122. The average Bonchev–Trinajstić information content (AvgIpc) is 2.14. The number of carbonyl (C=O) groups is 1. The van der Waals surface area contributed by atoms with E-state index < -0.39 is 0 Å². The molecule has 5 nitrogen and oxygen atoms in total. The van der Waals surface area contributed by atoms with E-state index in [2.05, 4.69) is 5.32 Å². The summed E-state index contributed by atoms with van der Waals surface area (Å²) in [5.41, 5.74) is 0. The Labute approximate surface area is 78.7 Å². The van der Waals surface area contributed by atoms with Gasteiger partial charge in [-0.1, -0.05) is 0 Å². The fourth-order valence-corrected chi connectivity index (χ4v) is 0.914. The minimum absolute atomic E-state index is 0.0513. The molecule has 0 saturated carbocycles. The van der Waals surface area contributed by atoms with Crippen LogP contribution in [-0.4, -0.2) is 62.9 Å². The van der Waals surface area contributed by atoms with Crippen molar-refractivity contribution in [3.63, 3.8) is 0 Å². The van der Waals surface area contributed by atoms with Gasteiger partial charge in [-0.25, -0.2) is 0 Å². The Morgan fingerprint density at radius 2 is 2.23 bits per heavy atom. The van der Waals surface area contributed by atoms with E-state index >= 15 is 0 Å². The van der Waals surface area contributed by atoms with Crippen LogP contribution in [0.3, 0.4) is 0 Å². The zero-order valence-corrected chi connectivity index (χ0v) is 8.25. The molecule has 0 radical (unpaired) electrons. The number of rotatable bonds is 7. The van der Waals surface area contributed by atoms with Crippen molar-refractivity contribution in [2.24, 2.45) is 0 Å². The highest BCUT2D eigenvalue weighted by atomic mass is 16.5. The zero-order valence-electron chi connectivity index (χ0n) is 8.25. The van der Waals surface area contributed by atoms with Crippen LogP contribution in [0.4, 0.5) is 0 Å². The first-order valence-corrected chi connectivity index (χ1v) is 4.27. The van der Waals surface area contributed by atoms with Gasteiger partial charge >= 0.3 is 0 Å². The molecule has 0 aliphatic carbocycles. The van der Waals surface area contributed by atoms with E-state index in [0.717, 1.165) is 0 Å². The summed E-state index contributed by atoms with van der Waals surface area (Å²) in [5, 5.41) is 11.2. The number of likely N-dealkylation sites (N-methyl/N-ethyl adjacent to an activating group) is 1. The zero-order chi connectivity index (χ0) is 10.1. The van der Waals surface area contributed by atoms with E-state index in [-0.39, 0.29) is 12.5 Å². The Balaban J connectivity index is 3.71. The molecule has 0 heterocycles. The average molecular weight is 190 g/mol. The Morgan fingerprint density at radius 3 is 2.69 bits per heavy atom. The SMILES string of the molecule is CNC(=O)CN(CCO)CCOC. The van der Waals surface area contributed by atoms with E-state index in [1.54, 1.807) is 14.2 Å². The van der Waals surface area contributed by atoms with Crippen LogP contribution in [0.5, 0.6) is 0 Å². The van der Waals surface area contributed by atoms with Crippen LogP contribution >= 0.6 is 0 Å². The fraction of sp³-hybridized carbons (Fsp3) is 0.875. The Kier molecular flexibility index (Phi) is 7.57. The molecule has 13 heavy (non-hydrogen) atoms. The third-order valence-corrected chi connectivity index (χ3v) is 1.67. The number of carbonyl (C=O) groups excluding carboxylic acids is 1. The van der Waals surface area contributed by atoms with Gasteiger partial charge in [-0.3, -0.25) is 9.69 Å². The van der Waals surface area contributed by atoms with Crippen LogP contribution in [0.25, 0.3) is 0 Å². The molecule has 0 atom stereocenters. The monoisotopic (exact) mass is 190 g/mol. The summed E-state index contributed by atoms with van der Waals surface area (Å²) in [6.45, 7) is 2.08. The predicted molar refractivity (Wildman–Crippen MR) is 49.5 cm³/mol. The van der Waals surface area contributed by atoms with Crippen molar-refractivity contribution in [3.05, 3.63) is 0 Å². The third-order valence-electron chi connectivity index (χ3n) is 1.67. The van der Waals surface area contributed by atoms with E-state index in [4.69, 9.17) is 9.84 Å². The summed E-state index contributed by atoms with van der Waals surface area (Å²) >= 11 is 0.